The fourth-order valence-electron chi connectivity index (χ4n) is 2.94. The van der Waals surface area contributed by atoms with Crippen LogP contribution in [0, 0.1) is 0 Å². The Balaban J connectivity index is 1.98. The Morgan fingerprint density at radius 3 is 2.88 bits per heavy atom. The zero-order valence-electron chi connectivity index (χ0n) is 10.00. The van der Waals surface area contributed by atoms with Crippen molar-refractivity contribution in [3.8, 4) is 0 Å². The number of fused-ring (bicyclic) bond motifs is 1. The lowest BCUT2D eigenvalue weighted by molar-refractivity contribution is 0.370. The molecule has 0 unspecified atom stereocenters. The normalized spacial score (nSPS) is 20.7. The van der Waals surface area contributed by atoms with Gasteiger partial charge in [0.15, 0.2) is 0 Å². The highest BCUT2D eigenvalue weighted by Gasteiger charge is 2.18. The molecule has 0 spiro atoms. The maximum Gasteiger partial charge on any atom is 0.0166 e. The van der Waals surface area contributed by atoms with E-state index in [2.05, 4.69) is 36.2 Å². The number of nitrogens with zero attached hydrogens (tertiary/aromatic N) is 1. The quantitative estimate of drug-likeness (QED) is 0.693. The summed E-state index contributed by atoms with van der Waals surface area (Å²) in [5, 5.41) is 0. The molecule has 1 aromatic carbocycles. The second-order valence-corrected chi connectivity index (χ2v) is 5.04. The Morgan fingerprint density at radius 1 is 1.12 bits per heavy atom. The van der Waals surface area contributed by atoms with Crippen LogP contribution in [0.4, 0.5) is 0 Å². The van der Waals surface area contributed by atoms with Crippen LogP contribution in [-0.2, 0) is 12.8 Å². The molecule has 3 rings (SSSR count). The maximum atomic E-state index is 2.41. The summed E-state index contributed by atoms with van der Waals surface area (Å²) in [7, 11) is 2.20. The Hall–Kier alpha value is -1.08. The van der Waals surface area contributed by atoms with Crippen molar-refractivity contribution in [1.82, 2.24) is 4.90 Å². The number of hydrogen-bond donors (Lipinski definition) is 0. The van der Waals surface area contributed by atoms with Crippen molar-refractivity contribution in [1.29, 1.82) is 0 Å². The van der Waals surface area contributed by atoms with Crippen LogP contribution in [0.3, 0.4) is 0 Å². The molecule has 1 aliphatic carbocycles. The average Bonchev–Trinajstić information content (AvgIpc) is 2.78. The molecule has 0 saturated carbocycles. The lowest BCUT2D eigenvalue weighted by Crippen LogP contribution is -2.23. The first kappa shape index (κ1) is 10.1. The van der Waals surface area contributed by atoms with Gasteiger partial charge in [-0.15, -0.1) is 0 Å². The maximum absolute atomic E-state index is 2.41. The number of hydrogen-bond acceptors (Lipinski definition) is 1. The van der Waals surface area contributed by atoms with E-state index >= 15 is 0 Å². The first-order valence-electron chi connectivity index (χ1n) is 6.33. The minimum absolute atomic E-state index is 1.11. The van der Waals surface area contributed by atoms with Crippen LogP contribution in [0.2, 0.25) is 0 Å². The molecule has 84 valence electrons. The highest BCUT2D eigenvalue weighted by atomic mass is 15.1. The van der Waals surface area contributed by atoms with Gasteiger partial charge in [-0.2, -0.15) is 0 Å². The van der Waals surface area contributed by atoms with Crippen molar-refractivity contribution in [3.05, 3.63) is 41.0 Å². The molecule has 0 bridgehead atoms. The summed E-state index contributed by atoms with van der Waals surface area (Å²) >= 11 is 0. The molecule has 0 aromatic heterocycles. The fourth-order valence-corrected chi connectivity index (χ4v) is 2.94. The smallest absolute Gasteiger partial charge is 0.0166 e. The summed E-state index contributed by atoms with van der Waals surface area (Å²) in [6, 6.07) is 6.86. The zero-order chi connectivity index (χ0) is 11.0. The third kappa shape index (κ3) is 1.69. The van der Waals surface area contributed by atoms with Gasteiger partial charge in [0.1, 0.15) is 0 Å². The van der Waals surface area contributed by atoms with E-state index in [0.29, 0.717) is 0 Å². The Morgan fingerprint density at radius 2 is 2.06 bits per heavy atom. The Bertz CT molecular complexity index is 431. The minimum atomic E-state index is 1.11. The molecule has 0 radical (unpaired) electrons. The molecule has 0 fully saturated rings. The predicted molar refractivity (Wildman–Crippen MR) is 68.6 cm³/mol. The molecule has 16 heavy (non-hydrogen) atoms. The molecule has 0 N–H and O–H groups in total. The summed E-state index contributed by atoms with van der Waals surface area (Å²) in [6.07, 6.45) is 7.55. The largest absolute Gasteiger partial charge is 0.302 e. The SMILES string of the molecule is CN1CC=C(c2cccc3c2CCC3)CC1. The van der Waals surface area contributed by atoms with Gasteiger partial charge in [-0.1, -0.05) is 24.3 Å². The third-order valence-electron chi connectivity index (χ3n) is 3.90. The standard InChI is InChI=1S/C15H19N/c1-16-10-8-13(9-11-16)15-7-3-5-12-4-2-6-14(12)15/h3,5,7-8H,2,4,6,9-11H2,1H3. The Kier molecular flexibility index (Phi) is 2.56. The van der Waals surface area contributed by atoms with Crippen LogP contribution in [0.25, 0.3) is 5.57 Å². The monoisotopic (exact) mass is 213 g/mol. The summed E-state index contributed by atoms with van der Waals surface area (Å²) in [5.41, 5.74) is 6.36. The lowest BCUT2D eigenvalue weighted by Gasteiger charge is -2.23. The first-order chi connectivity index (χ1) is 7.84. The van der Waals surface area contributed by atoms with Crippen LogP contribution in [0.1, 0.15) is 29.5 Å². The van der Waals surface area contributed by atoms with Gasteiger partial charge in [-0.25, -0.2) is 0 Å². The third-order valence-corrected chi connectivity index (χ3v) is 3.90. The zero-order valence-corrected chi connectivity index (χ0v) is 10.00. The molecule has 0 amide bonds. The van der Waals surface area contributed by atoms with E-state index in [9.17, 15) is 0 Å². The average molecular weight is 213 g/mol. The van der Waals surface area contributed by atoms with E-state index in [1.165, 1.54) is 32.2 Å². The van der Waals surface area contributed by atoms with Crippen LogP contribution >= 0.6 is 0 Å². The molecule has 0 saturated heterocycles. The second-order valence-electron chi connectivity index (χ2n) is 5.04. The fraction of sp³-hybridized carbons (Fsp3) is 0.467. The molecule has 1 aliphatic heterocycles. The van der Waals surface area contributed by atoms with Crippen molar-refractivity contribution >= 4 is 5.57 Å². The molecular formula is C15H19N. The molecule has 2 aliphatic rings. The first-order valence-corrected chi connectivity index (χ1v) is 6.33. The van der Waals surface area contributed by atoms with Crippen molar-refractivity contribution < 1.29 is 0 Å². The highest BCUT2D eigenvalue weighted by molar-refractivity contribution is 5.70. The van der Waals surface area contributed by atoms with Crippen LogP contribution in [0.15, 0.2) is 24.3 Å². The number of aryl methyl sites for hydroxylation is 1. The van der Waals surface area contributed by atoms with E-state index in [1.54, 1.807) is 22.3 Å². The highest BCUT2D eigenvalue weighted by Crippen LogP contribution is 2.32. The minimum Gasteiger partial charge on any atom is -0.302 e. The van der Waals surface area contributed by atoms with Crippen LogP contribution < -0.4 is 0 Å². The summed E-state index contributed by atoms with van der Waals surface area (Å²) in [5.74, 6) is 0. The van der Waals surface area contributed by atoms with Crippen molar-refractivity contribution in [2.45, 2.75) is 25.7 Å². The topological polar surface area (TPSA) is 3.24 Å². The van der Waals surface area contributed by atoms with E-state index in [4.69, 9.17) is 0 Å². The number of rotatable bonds is 1. The molecule has 1 aromatic rings. The van der Waals surface area contributed by atoms with Gasteiger partial charge in [0.2, 0.25) is 0 Å². The van der Waals surface area contributed by atoms with Gasteiger partial charge in [-0.3, -0.25) is 0 Å². The van der Waals surface area contributed by atoms with Crippen LogP contribution in [0.5, 0.6) is 0 Å². The van der Waals surface area contributed by atoms with Crippen LogP contribution in [-0.4, -0.2) is 25.0 Å². The van der Waals surface area contributed by atoms with Gasteiger partial charge in [0.05, 0.1) is 0 Å². The van der Waals surface area contributed by atoms with Gasteiger partial charge >= 0.3 is 0 Å². The summed E-state index contributed by atoms with van der Waals surface area (Å²) in [6.45, 7) is 2.31. The van der Waals surface area contributed by atoms with E-state index in [-0.39, 0.29) is 0 Å². The van der Waals surface area contributed by atoms with Gasteiger partial charge < -0.3 is 4.90 Å². The molecule has 1 heterocycles. The van der Waals surface area contributed by atoms with E-state index in [1.807, 2.05) is 0 Å². The van der Waals surface area contributed by atoms with E-state index < -0.39 is 0 Å². The van der Waals surface area contributed by atoms with Crippen molar-refractivity contribution in [2.24, 2.45) is 0 Å². The lowest BCUT2D eigenvalue weighted by atomic mass is 9.93. The molecule has 0 atom stereocenters. The number of benzene rings is 1. The predicted octanol–water partition coefficient (Wildman–Crippen LogP) is 2.89. The summed E-state index contributed by atoms with van der Waals surface area (Å²) < 4.78 is 0. The molecule has 1 nitrogen and oxygen atoms in total. The van der Waals surface area contributed by atoms with Gasteiger partial charge in [0, 0.05) is 13.1 Å². The molecule has 1 heteroatoms. The molecular weight excluding hydrogens is 194 g/mol. The number of likely N-dealkylation sites (N-methyl/N-ethyl adjacent to an activating group) is 1. The van der Waals surface area contributed by atoms with Gasteiger partial charge in [-0.05, 0) is 55.0 Å². The summed E-state index contributed by atoms with van der Waals surface area (Å²) in [4.78, 5) is 2.38. The van der Waals surface area contributed by atoms with Crippen molar-refractivity contribution in [3.63, 3.8) is 0 Å². The van der Waals surface area contributed by atoms with Crippen molar-refractivity contribution in [2.75, 3.05) is 20.1 Å². The van der Waals surface area contributed by atoms with Gasteiger partial charge in [0.25, 0.3) is 0 Å². The Labute approximate surface area is 97.8 Å². The van der Waals surface area contributed by atoms with E-state index in [0.717, 1.165) is 6.54 Å². The second kappa shape index (κ2) is 4.06.